The number of piperazine rings is 1. The van der Waals surface area contributed by atoms with Crippen LogP contribution in [0.15, 0.2) is 12.1 Å². The molecular formula is C19H26N2O4. The molecule has 136 valence electrons. The molecule has 1 aromatic rings. The minimum atomic E-state index is -0.0571. The predicted molar refractivity (Wildman–Crippen MR) is 94.1 cm³/mol. The van der Waals surface area contributed by atoms with Gasteiger partial charge in [-0.15, -0.1) is 0 Å². The van der Waals surface area contributed by atoms with Crippen molar-refractivity contribution >= 4 is 11.8 Å². The third-order valence-corrected chi connectivity index (χ3v) is 5.34. The van der Waals surface area contributed by atoms with Crippen molar-refractivity contribution in [3.05, 3.63) is 23.3 Å². The van der Waals surface area contributed by atoms with Crippen molar-refractivity contribution in [2.45, 2.75) is 26.2 Å². The van der Waals surface area contributed by atoms with Crippen LogP contribution >= 0.6 is 0 Å². The molecule has 0 spiro atoms. The summed E-state index contributed by atoms with van der Waals surface area (Å²) in [4.78, 5) is 28.9. The molecule has 0 unspecified atom stereocenters. The van der Waals surface area contributed by atoms with Crippen molar-refractivity contribution < 1.29 is 19.1 Å². The maximum atomic E-state index is 12.9. The second-order valence-corrected chi connectivity index (χ2v) is 6.72. The fourth-order valence-electron chi connectivity index (χ4n) is 3.54. The Morgan fingerprint density at radius 2 is 1.64 bits per heavy atom. The van der Waals surface area contributed by atoms with Gasteiger partial charge in [0.05, 0.1) is 19.8 Å². The minimum Gasteiger partial charge on any atom is -0.496 e. The lowest BCUT2D eigenvalue weighted by Crippen LogP contribution is -2.52. The molecule has 1 saturated carbocycles. The number of nitrogens with zero attached hydrogens (tertiary/aromatic N) is 2. The zero-order chi connectivity index (χ0) is 18.0. The zero-order valence-corrected chi connectivity index (χ0v) is 15.2. The van der Waals surface area contributed by atoms with Gasteiger partial charge in [0, 0.05) is 37.7 Å². The van der Waals surface area contributed by atoms with Gasteiger partial charge >= 0.3 is 0 Å². The van der Waals surface area contributed by atoms with Crippen molar-refractivity contribution in [3.8, 4) is 11.5 Å². The number of amides is 2. The molecule has 1 heterocycles. The average molecular weight is 346 g/mol. The number of ether oxygens (including phenoxy) is 2. The highest BCUT2D eigenvalue weighted by molar-refractivity contribution is 5.98. The van der Waals surface area contributed by atoms with E-state index >= 15 is 0 Å². The zero-order valence-electron chi connectivity index (χ0n) is 15.2. The number of hydrogen-bond donors (Lipinski definition) is 0. The first-order valence-electron chi connectivity index (χ1n) is 8.86. The van der Waals surface area contributed by atoms with Crippen LogP contribution in [0, 0.1) is 12.8 Å². The van der Waals surface area contributed by atoms with Crippen LogP contribution in [-0.2, 0) is 4.79 Å². The predicted octanol–water partition coefficient (Wildman–Crippen LogP) is 2.10. The molecule has 0 bridgehead atoms. The van der Waals surface area contributed by atoms with Gasteiger partial charge in [0.2, 0.25) is 5.91 Å². The maximum absolute atomic E-state index is 12.9. The van der Waals surface area contributed by atoms with E-state index in [1.165, 1.54) is 0 Å². The van der Waals surface area contributed by atoms with Gasteiger partial charge in [-0.25, -0.2) is 0 Å². The van der Waals surface area contributed by atoms with Crippen molar-refractivity contribution in [3.63, 3.8) is 0 Å². The Labute approximate surface area is 148 Å². The van der Waals surface area contributed by atoms with E-state index < -0.39 is 0 Å². The third-order valence-electron chi connectivity index (χ3n) is 5.34. The highest BCUT2D eigenvalue weighted by Crippen LogP contribution is 2.32. The standard InChI is InChI=1S/C19H26N2O4/c1-13-16(24-2)8-7-15(17(13)25-3)19(23)21-11-9-20(10-12-21)18(22)14-5-4-6-14/h7-8,14H,4-6,9-12H2,1-3H3. The van der Waals surface area contributed by atoms with Gasteiger partial charge in [-0.3, -0.25) is 9.59 Å². The largest absolute Gasteiger partial charge is 0.496 e. The number of methoxy groups -OCH3 is 2. The lowest BCUT2D eigenvalue weighted by Gasteiger charge is -2.38. The molecule has 2 fully saturated rings. The van der Waals surface area contributed by atoms with Crippen molar-refractivity contribution in [2.75, 3.05) is 40.4 Å². The summed E-state index contributed by atoms with van der Waals surface area (Å²) in [6.45, 7) is 4.22. The Morgan fingerprint density at radius 1 is 1.00 bits per heavy atom. The van der Waals surface area contributed by atoms with E-state index in [0.29, 0.717) is 43.2 Å². The van der Waals surface area contributed by atoms with Crippen LogP contribution in [0.1, 0.15) is 35.2 Å². The number of hydrogen-bond acceptors (Lipinski definition) is 4. The summed E-state index contributed by atoms with van der Waals surface area (Å²) in [5, 5.41) is 0. The van der Waals surface area contributed by atoms with E-state index in [9.17, 15) is 9.59 Å². The summed E-state index contributed by atoms with van der Waals surface area (Å²) >= 11 is 0. The van der Waals surface area contributed by atoms with Gasteiger partial charge in [0.25, 0.3) is 5.91 Å². The SMILES string of the molecule is COc1ccc(C(=O)N2CCN(C(=O)C3CCC3)CC2)c(OC)c1C. The molecule has 25 heavy (non-hydrogen) atoms. The highest BCUT2D eigenvalue weighted by Gasteiger charge is 2.32. The first-order valence-corrected chi connectivity index (χ1v) is 8.86. The van der Waals surface area contributed by atoms with Crippen molar-refractivity contribution in [1.29, 1.82) is 0 Å². The first kappa shape index (κ1) is 17.6. The van der Waals surface area contributed by atoms with E-state index in [2.05, 4.69) is 0 Å². The van der Waals surface area contributed by atoms with Crippen LogP contribution in [-0.4, -0.2) is 62.0 Å². The van der Waals surface area contributed by atoms with Gasteiger partial charge in [-0.05, 0) is 31.9 Å². The topological polar surface area (TPSA) is 59.1 Å². The van der Waals surface area contributed by atoms with Crippen molar-refractivity contribution in [2.24, 2.45) is 5.92 Å². The third kappa shape index (κ3) is 3.30. The maximum Gasteiger partial charge on any atom is 0.257 e. The fourth-order valence-corrected chi connectivity index (χ4v) is 3.54. The molecule has 0 radical (unpaired) electrons. The minimum absolute atomic E-state index is 0.0571. The summed E-state index contributed by atoms with van der Waals surface area (Å²) < 4.78 is 10.7. The molecule has 6 heteroatoms. The number of carbonyl (C=O) groups excluding carboxylic acids is 2. The van der Waals surface area contributed by atoms with E-state index in [4.69, 9.17) is 9.47 Å². The Kier molecular flexibility index (Phi) is 5.16. The molecule has 6 nitrogen and oxygen atoms in total. The molecule has 0 aromatic heterocycles. The molecule has 1 aliphatic carbocycles. The molecule has 1 saturated heterocycles. The van der Waals surface area contributed by atoms with Crippen LogP contribution in [0.25, 0.3) is 0 Å². The van der Waals surface area contributed by atoms with Crippen LogP contribution < -0.4 is 9.47 Å². The molecule has 0 N–H and O–H groups in total. The van der Waals surface area contributed by atoms with E-state index in [1.807, 2.05) is 11.8 Å². The van der Waals surface area contributed by atoms with Gasteiger partial charge in [-0.1, -0.05) is 6.42 Å². The molecule has 1 aromatic carbocycles. The molecule has 2 aliphatic rings. The van der Waals surface area contributed by atoms with Crippen LogP contribution in [0.3, 0.4) is 0 Å². The Hall–Kier alpha value is -2.24. The van der Waals surface area contributed by atoms with Gasteiger partial charge in [0.1, 0.15) is 11.5 Å². The molecule has 1 aliphatic heterocycles. The number of benzene rings is 1. The molecular weight excluding hydrogens is 320 g/mol. The van der Waals surface area contributed by atoms with Crippen molar-refractivity contribution in [1.82, 2.24) is 9.80 Å². The van der Waals surface area contributed by atoms with E-state index in [0.717, 1.165) is 24.8 Å². The number of carbonyl (C=O) groups is 2. The summed E-state index contributed by atoms with van der Waals surface area (Å²) in [5.41, 5.74) is 1.36. The second-order valence-electron chi connectivity index (χ2n) is 6.72. The monoisotopic (exact) mass is 346 g/mol. The van der Waals surface area contributed by atoms with Crippen LogP contribution in [0.5, 0.6) is 11.5 Å². The van der Waals surface area contributed by atoms with Crippen LogP contribution in [0.4, 0.5) is 0 Å². The summed E-state index contributed by atoms with van der Waals surface area (Å²) in [5.74, 6) is 1.67. The fraction of sp³-hybridized carbons (Fsp3) is 0.579. The molecule has 0 atom stereocenters. The van der Waals surface area contributed by atoms with Gasteiger partial charge in [0.15, 0.2) is 0 Å². The van der Waals surface area contributed by atoms with E-state index in [1.54, 1.807) is 31.3 Å². The average Bonchev–Trinajstić information content (AvgIpc) is 2.59. The normalized spacial score (nSPS) is 17.9. The lowest BCUT2D eigenvalue weighted by molar-refractivity contribution is -0.139. The van der Waals surface area contributed by atoms with Gasteiger partial charge < -0.3 is 19.3 Å². The first-order chi connectivity index (χ1) is 12.1. The Bertz CT molecular complexity index is 662. The summed E-state index contributed by atoms with van der Waals surface area (Å²) in [6.07, 6.45) is 3.19. The summed E-state index contributed by atoms with van der Waals surface area (Å²) in [6, 6.07) is 3.54. The number of rotatable bonds is 4. The summed E-state index contributed by atoms with van der Waals surface area (Å²) in [7, 11) is 3.16. The molecule has 3 rings (SSSR count). The van der Waals surface area contributed by atoms with Gasteiger partial charge in [-0.2, -0.15) is 0 Å². The Balaban J connectivity index is 1.68. The Morgan fingerprint density at radius 3 is 2.16 bits per heavy atom. The van der Waals surface area contributed by atoms with Crippen LogP contribution in [0.2, 0.25) is 0 Å². The second kappa shape index (κ2) is 7.33. The quantitative estimate of drug-likeness (QED) is 0.838. The van der Waals surface area contributed by atoms with E-state index in [-0.39, 0.29) is 17.7 Å². The highest BCUT2D eigenvalue weighted by atomic mass is 16.5. The smallest absolute Gasteiger partial charge is 0.257 e. The lowest BCUT2D eigenvalue weighted by atomic mass is 9.84. The molecule has 2 amide bonds.